The highest BCUT2D eigenvalue weighted by molar-refractivity contribution is 7.07. The largest absolute Gasteiger partial charge is 0.497 e. The number of nitriles is 1. The lowest BCUT2D eigenvalue weighted by Crippen LogP contribution is -2.40. The van der Waals surface area contributed by atoms with E-state index >= 15 is 0 Å². The molecule has 2 aromatic carbocycles. The molecular formula is C25H21N3O5S. The highest BCUT2D eigenvalue weighted by Gasteiger charge is 2.36. The fourth-order valence-corrected chi connectivity index (χ4v) is 5.06. The number of rotatable bonds is 5. The van der Waals surface area contributed by atoms with Crippen LogP contribution < -0.4 is 30.0 Å². The standard InChI is InChI=1S/C25H21N3O5S/c1-31-16-8-4-6-14(10-16)11-19-23(29)28-22(27)18(13-26)20(15-7-5-9-17(12-15)32-2)21(24(28)34-19)25(30)33-3/h4-12,20H,27H2,1-3H3/b19-11-. The maximum atomic E-state index is 13.3. The van der Waals surface area contributed by atoms with E-state index in [1.165, 1.54) is 18.8 Å². The minimum Gasteiger partial charge on any atom is -0.497 e. The van der Waals surface area contributed by atoms with Gasteiger partial charge >= 0.3 is 5.97 Å². The van der Waals surface area contributed by atoms with Crippen molar-refractivity contribution in [3.05, 3.63) is 84.8 Å². The molecule has 1 aliphatic heterocycles. The lowest BCUT2D eigenvalue weighted by Gasteiger charge is -2.24. The smallest absolute Gasteiger partial charge is 0.337 e. The van der Waals surface area contributed by atoms with Gasteiger partial charge in [-0.1, -0.05) is 24.3 Å². The SMILES string of the molecule is COC(=O)C1=c2s/c(=C\c3cccc(OC)c3)c(=O)n2C(N)=C(C#N)C1c1cccc(OC)c1. The lowest BCUT2D eigenvalue weighted by atomic mass is 9.84. The third-order valence-electron chi connectivity index (χ3n) is 5.49. The van der Waals surface area contributed by atoms with Crippen molar-refractivity contribution in [2.24, 2.45) is 5.73 Å². The summed E-state index contributed by atoms with van der Waals surface area (Å²) in [6, 6.07) is 16.3. The molecule has 2 heterocycles. The predicted octanol–water partition coefficient (Wildman–Crippen LogP) is 1.53. The van der Waals surface area contributed by atoms with Crippen molar-refractivity contribution in [3.8, 4) is 17.6 Å². The van der Waals surface area contributed by atoms with E-state index in [0.29, 0.717) is 26.3 Å². The number of nitrogens with two attached hydrogens (primary N) is 1. The average molecular weight is 476 g/mol. The highest BCUT2D eigenvalue weighted by Crippen LogP contribution is 2.37. The second-order valence-electron chi connectivity index (χ2n) is 7.36. The van der Waals surface area contributed by atoms with Crippen LogP contribution in [0.25, 0.3) is 17.5 Å². The average Bonchev–Trinajstić information content (AvgIpc) is 3.19. The summed E-state index contributed by atoms with van der Waals surface area (Å²) in [5.74, 6) is -0.309. The Morgan fingerprint density at radius 1 is 1.12 bits per heavy atom. The molecule has 0 bridgehead atoms. The minimum atomic E-state index is -0.824. The van der Waals surface area contributed by atoms with Gasteiger partial charge in [0.1, 0.15) is 22.0 Å². The van der Waals surface area contributed by atoms with Crippen LogP contribution in [0.3, 0.4) is 0 Å². The second-order valence-corrected chi connectivity index (χ2v) is 8.39. The zero-order valence-electron chi connectivity index (χ0n) is 18.7. The van der Waals surface area contributed by atoms with Gasteiger partial charge in [0.15, 0.2) is 0 Å². The van der Waals surface area contributed by atoms with E-state index in [1.54, 1.807) is 49.6 Å². The number of aromatic nitrogens is 1. The summed E-state index contributed by atoms with van der Waals surface area (Å²) in [5, 5.41) is 9.99. The zero-order chi connectivity index (χ0) is 24.4. The number of nitrogens with zero attached hydrogens (tertiary/aromatic N) is 2. The van der Waals surface area contributed by atoms with Crippen molar-refractivity contribution < 1.29 is 19.0 Å². The van der Waals surface area contributed by atoms with Gasteiger partial charge in [-0.25, -0.2) is 4.79 Å². The first-order valence-electron chi connectivity index (χ1n) is 10.2. The van der Waals surface area contributed by atoms with Crippen LogP contribution >= 0.6 is 11.3 Å². The number of ether oxygens (including phenoxy) is 3. The summed E-state index contributed by atoms with van der Waals surface area (Å²) in [5.41, 5.74) is 7.51. The number of esters is 1. The Bertz CT molecular complexity index is 1540. The molecule has 0 spiro atoms. The second kappa shape index (κ2) is 9.29. The Hall–Kier alpha value is -4.29. The van der Waals surface area contributed by atoms with Crippen molar-refractivity contribution in [1.29, 1.82) is 5.26 Å². The molecule has 4 rings (SSSR count). The molecule has 0 aliphatic carbocycles. The summed E-state index contributed by atoms with van der Waals surface area (Å²) >= 11 is 1.11. The van der Waals surface area contributed by atoms with E-state index in [2.05, 4.69) is 6.07 Å². The molecular weight excluding hydrogens is 454 g/mol. The van der Waals surface area contributed by atoms with Gasteiger partial charge in [-0.2, -0.15) is 5.26 Å². The zero-order valence-corrected chi connectivity index (χ0v) is 19.5. The van der Waals surface area contributed by atoms with Gasteiger partial charge in [-0.05, 0) is 41.5 Å². The number of thiazole rings is 1. The first-order valence-corrected chi connectivity index (χ1v) is 11.0. The molecule has 1 aliphatic rings. The van der Waals surface area contributed by atoms with Crippen molar-refractivity contribution in [2.45, 2.75) is 5.92 Å². The molecule has 8 nitrogen and oxygen atoms in total. The Labute approximate surface area is 199 Å². The number of carbonyl (C=O) groups is 1. The van der Waals surface area contributed by atoms with Crippen molar-refractivity contribution >= 4 is 34.8 Å². The number of hydrogen-bond donors (Lipinski definition) is 1. The van der Waals surface area contributed by atoms with E-state index in [9.17, 15) is 14.9 Å². The molecule has 2 N–H and O–H groups in total. The third kappa shape index (κ3) is 3.84. The number of allylic oxidation sites excluding steroid dienone is 1. The molecule has 3 aromatic rings. The van der Waals surface area contributed by atoms with Crippen molar-refractivity contribution in [1.82, 2.24) is 4.57 Å². The first-order chi connectivity index (χ1) is 16.4. The van der Waals surface area contributed by atoms with Gasteiger partial charge in [0.2, 0.25) is 0 Å². The Kier molecular flexibility index (Phi) is 6.25. The molecule has 0 saturated carbocycles. The number of carbonyl (C=O) groups excluding carboxylic acids is 1. The van der Waals surface area contributed by atoms with Crippen LogP contribution in [0.1, 0.15) is 17.0 Å². The summed E-state index contributed by atoms with van der Waals surface area (Å²) in [6.07, 6.45) is 1.69. The van der Waals surface area contributed by atoms with Crippen molar-refractivity contribution in [3.63, 3.8) is 0 Å². The van der Waals surface area contributed by atoms with Crippen LogP contribution in [-0.2, 0) is 9.53 Å². The molecule has 0 amide bonds. The monoisotopic (exact) mass is 475 g/mol. The van der Waals surface area contributed by atoms with Gasteiger partial charge in [0.25, 0.3) is 5.56 Å². The molecule has 0 radical (unpaired) electrons. The summed E-state index contributed by atoms with van der Waals surface area (Å²) in [6.45, 7) is 0. The predicted molar refractivity (Wildman–Crippen MR) is 129 cm³/mol. The molecule has 9 heteroatoms. The van der Waals surface area contributed by atoms with Gasteiger partial charge in [-0.3, -0.25) is 9.36 Å². The fourth-order valence-electron chi connectivity index (χ4n) is 3.89. The number of methoxy groups -OCH3 is 3. The highest BCUT2D eigenvalue weighted by atomic mass is 32.1. The number of hydrogen-bond acceptors (Lipinski definition) is 8. The minimum absolute atomic E-state index is 0.0236. The number of benzene rings is 2. The van der Waals surface area contributed by atoms with E-state index in [1.807, 2.05) is 12.1 Å². The summed E-state index contributed by atoms with van der Waals surface area (Å²) in [7, 11) is 4.34. The van der Waals surface area contributed by atoms with E-state index in [-0.39, 0.29) is 17.0 Å². The molecule has 1 unspecified atom stereocenters. The van der Waals surface area contributed by atoms with Gasteiger partial charge in [0.05, 0.1) is 49.0 Å². The Morgan fingerprint density at radius 2 is 1.79 bits per heavy atom. The molecule has 0 fully saturated rings. The van der Waals surface area contributed by atoms with Crippen LogP contribution in [0.4, 0.5) is 0 Å². The Morgan fingerprint density at radius 3 is 2.44 bits per heavy atom. The lowest BCUT2D eigenvalue weighted by molar-refractivity contribution is -0.134. The van der Waals surface area contributed by atoms with Crippen LogP contribution in [0, 0.1) is 11.3 Å². The van der Waals surface area contributed by atoms with Gasteiger partial charge in [0, 0.05) is 0 Å². The molecule has 1 atom stereocenters. The summed E-state index contributed by atoms with van der Waals surface area (Å²) < 4.78 is 17.5. The fraction of sp³-hybridized carbons (Fsp3) is 0.160. The molecule has 1 aromatic heterocycles. The van der Waals surface area contributed by atoms with Gasteiger partial charge in [-0.15, -0.1) is 11.3 Å². The normalized spacial score (nSPS) is 15.5. The van der Waals surface area contributed by atoms with E-state index in [4.69, 9.17) is 19.9 Å². The van der Waals surface area contributed by atoms with Crippen LogP contribution in [0.2, 0.25) is 0 Å². The molecule has 34 heavy (non-hydrogen) atoms. The van der Waals surface area contributed by atoms with Crippen LogP contribution in [0.15, 0.2) is 58.9 Å². The molecule has 172 valence electrons. The summed E-state index contributed by atoms with van der Waals surface area (Å²) in [4.78, 5) is 26.3. The van der Waals surface area contributed by atoms with E-state index < -0.39 is 17.4 Å². The maximum Gasteiger partial charge on any atom is 0.337 e. The number of fused-ring (bicyclic) bond motifs is 1. The van der Waals surface area contributed by atoms with Crippen LogP contribution in [-0.4, -0.2) is 31.9 Å². The third-order valence-corrected chi connectivity index (χ3v) is 6.60. The quantitative estimate of drug-likeness (QED) is 0.556. The molecule has 0 saturated heterocycles. The van der Waals surface area contributed by atoms with Crippen molar-refractivity contribution in [2.75, 3.05) is 21.3 Å². The maximum absolute atomic E-state index is 13.3. The van der Waals surface area contributed by atoms with E-state index in [0.717, 1.165) is 16.9 Å². The first kappa shape index (κ1) is 22.9. The topological polar surface area (TPSA) is 117 Å². The Balaban J connectivity index is 2.08. The van der Waals surface area contributed by atoms with Gasteiger partial charge < -0.3 is 19.9 Å². The van der Waals surface area contributed by atoms with Crippen LogP contribution in [0.5, 0.6) is 11.5 Å².